The van der Waals surface area contributed by atoms with Gasteiger partial charge in [0.05, 0.1) is 0 Å². The number of rotatable bonds is 5. The highest BCUT2D eigenvalue weighted by atomic mass is 79.9. The van der Waals surface area contributed by atoms with E-state index in [1.807, 2.05) is 0 Å². The third-order valence-corrected chi connectivity index (χ3v) is 3.21. The zero-order valence-corrected chi connectivity index (χ0v) is 12.0. The largest absolute Gasteiger partial charge is 0.339 e. The van der Waals surface area contributed by atoms with E-state index < -0.39 is 40.6 Å². The minimum Gasteiger partial charge on any atom is -0.339 e. The number of alkyl halides is 1. The van der Waals surface area contributed by atoms with Gasteiger partial charge in [0.15, 0.2) is 23.3 Å². The summed E-state index contributed by atoms with van der Waals surface area (Å²) in [5, 5.41) is 0.536. The molecule has 0 atom stereocenters. The molecule has 0 aliphatic rings. The smallest absolute Gasteiger partial charge is 0.260 e. The molecule has 1 aromatic rings. The second-order valence-electron chi connectivity index (χ2n) is 3.87. The summed E-state index contributed by atoms with van der Waals surface area (Å²) in [4.78, 5) is 12.9. The van der Waals surface area contributed by atoms with Crippen LogP contribution in [0.25, 0.3) is 0 Å². The maximum Gasteiger partial charge on any atom is 0.260 e. The first-order chi connectivity index (χ1) is 9.36. The lowest BCUT2D eigenvalue weighted by molar-refractivity contribution is 0.0751. The summed E-state index contributed by atoms with van der Waals surface area (Å²) < 4.78 is 66.0. The number of amides is 1. The Balaban J connectivity index is 3.28. The Kier molecular flexibility index (Phi) is 5.91. The van der Waals surface area contributed by atoms with Crippen LogP contribution in [0, 0.1) is 29.1 Å². The van der Waals surface area contributed by atoms with E-state index >= 15 is 0 Å². The third kappa shape index (κ3) is 3.11. The highest BCUT2D eigenvalue weighted by molar-refractivity contribution is 9.09. The number of nitrogens with zero attached hydrogens (tertiary/aromatic N) is 1. The van der Waals surface area contributed by atoms with Crippen LogP contribution in [-0.2, 0) is 0 Å². The first kappa shape index (κ1) is 16.9. The fourth-order valence-electron chi connectivity index (χ4n) is 1.60. The Hall–Kier alpha value is -1.18. The van der Waals surface area contributed by atoms with E-state index in [9.17, 15) is 26.7 Å². The number of halogens is 6. The van der Waals surface area contributed by atoms with Crippen molar-refractivity contribution in [3.63, 3.8) is 0 Å². The molecular formula is C12H11BrF5NO. The first-order valence-corrected chi connectivity index (χ1v) is 6.85. The topological polar surface area (TPSA) is 20.3 Å². The van der Waals surface area contributed by atoms with Crippen LogP contribution in [0.5, 0.6) is 0 Å². The normalized spacial score (nSPS) is 10.8. The summed E-state index contributed by atoms with van der Waals surface area (Å²) in [7, 11) is 0. The SMILES string of the molecule is CCN(CCCBr)C(=O)c1c(F)c(F)c(F)c(F)c1F. The minimum atomic E-state index is -2.28. The highest BCUT2D eigenvalue weighted by Gasteiger charge is 2.31. The van der Waals surface area contributed by atoms with Gasteiger partial charge in [-0.3, -0.25) is 4.79 Å². The molecule has 0 radical (unpaired) electrons. The number of carbonyl (C=O) groups excluding carboxylic acids is 1. The molecule has 0 saturated carbocycles. The Morgan fingerprint density at radius 1 is 1.00 bits per heavy atom. The van der Waals surface area contributed by atoms with Crippen LogP contribution in [0.4, 0.5) is 22.0 Å². The monoisotopic (exact) mass is 359 g/mol. The first-order valence-electron chi connectivity index (χ1n) is 5.73. The average Bonchev–Trinajstić information content (AvgIpc) is 2.44. The van der Waals surface area contributed by atoms with Crippen molar-refractivity contribution >= 4 is 21.8 Å². The molecule has 0 fully saturated rings. The molecule has 0 aromatic heterocycles. The Labute approximate surface area is 120 Å². The van der Waals surface area contributed by atoms with Crippen molar-refractivity contribution in [2.75, 3.05) is 18.4 Å². The van der Waals surface area contributed by atoms with Crippen LogP contribution in [0.1, 0.15) is 23.7 Å². The molecular weight excluding hydrogens is 349 g/mol. The molecule has 1 amide bonds. The van der Waals surface area contributed by atoms with E-state index in [1.54, 1.807) is 0 Å². The Morgan fingerprint density at radius 3 is 1.85 bits per heavy atom. The van der Waals surface area contributed by atoms with Crippen molar-refractivity contribution in [2.24, 2.45) is 0 Å². The fraction of sp³-hybridized carbons (Fsp3) is 0.417. The molecule has 1 aromatic carbocycles. The van der Waals surface area contributed by atoms with Crippen molar-refractivity contribution < 1.29 is 26.7 Å². The molecule has 0 N–H and O–H groups in total. The van der Waals surface area contributed by atoms with Gasteiger partial charge in [-0.15, -0.1) is 0 Å². The van der Waals surface area contributed by atoms with E-state index in [-0.39, 0.29) is 13.1 Å². The molecule has 0 saturated heterocycles. The standard InChI is InChI=1S/C12H11BrF5NO/c1-2-19(5-3-4-13)12(20)6-7(14)9(16)11(18)10(17)8(6)15/h2-5H2,1H3. The maximum atomic E-state index is 13.5. The molecule has 0 bridgehead atoms. The molecule has 2 nitrogen and oxygen atoms in total. The lowest BCUT2D eigenvalue weighted by Gasteiger charge is -2.21. The molecule has 20 heavy (non-hydrogen) atoms. The summed E-state index contributed by atoms with van der Waals surface area (Å²) in [6.45, 7) is 1.77. The van der Waals surface area contributed by atoms with Crippen molar-refractivity contribution in [3.8, 4) is 0 Å². The van der Waals surface area contributed by atoms with Gasteiger partial charge in [-0.2, -0.15) is 0 Å². The van der Waals surface area contributed by atoms with E-state index in [1.165, 1.54) is 6.92 Å². The predicted molar refractivity (Wildman–Crippen MR) is 66.2 cm³/mol. The summed E-state index contributed by atoms with van der Waals surface area (Å²) in [6, 6.07) is 0. The van der Waals surface area contributed by atoms with Crippen LogP contribution >= 0.6 is 15.9 Å². The molecule has 0 aliphatic carbocycles. The number of hydrogen-bond donors (Lipinski definition) is 0. The second kappa shape index (κ2) is 7.01. The second-order valence-corrected chi connectivity index (χ2v) is 4.67. The van der Waals surface area contributed by atoms with Gasteiger partial charge in [-0.1, -0.05) is 15.9 Å². The maximum absolute atomic E-state index is 13.5. The van der Waals surface area contributed by atoms with Crippen LogP contribution in [0.3, 0.4) is 0 Å². The zero-order chi connectivity index (χ0) is 15.4. The van der Waals surface area contributed by atoms with Gasteiger partial charge < -0.3 is 4.90 Å². The number of hydrogen-bond acceptors (Lipinski definition) is 1. The zero-order valence-electron chi connectivity index (χ0n) is 10.5. The summed E-state index contributed by atoms with van der Waals surface area (Å²) in [5.74, 6) is -12.0. The molecule has 8 heteroatoms. The molecule has 0 spiro atoms. The van der Waals surface area contributed by atoms with Crippen molar-refractivity contribution in [2.45, 2.75) is 13.3 Å². The number of benzene rings is 1. The molecule has 1 rings (SSSR count). The quantitative estimate of drug-likeness (QED) is 0.340. The molecule has 0 heterocycles. The fourth-order valence-corrected chi connectivity index (χ4v) is 1.86. The van der Waals surface area contributed by atoms with E-state index in [2.05, 4.69) is 15.9 Å². The van der Waals surface area contributed by atoms with Crippen LogP contribution in [-0.4, -0.2) is 29.2 Å². The highest BCUT2D eigenvalue weighted by Crippen LogP contribution is 2.24. The lowest BCUT2D eigenvalue weighted by atomic mass is 10.1. The van der Waals surface area contributed by atoms with Gasteiger partial charge in [-0.25, -0.2) is 22.0 Å². The van der Waals surface area contributed by atoms with Gasteiger partial charge >= 0.3 is 0 Å². The van der Waals surface area contributed by atoms with Crippen molar-refractivity contribution in [1.82, 2.24) is 4.90 Å². The summed E-state index contributed by atoms with van der Waals surface area (Å²) in [5.41, 5.74) is -1.42. The Bertz CT molecular complexity index is 494. The van der Waals surface area contributed by atoms with E-state index in [0.29, 0.717) is 11.8 Å². The van der Waals surface area contributed by atoms with Gasteiger partial charge in [0.2, 0.25) is 5.82 Å². The van der Waals surface area contributed by atoms with Gasteiger partial charge in [0, 0.05) is 18.4 Å². The molecule has 112 valence electrons. The predicted octanol–water partition coefficient (Wildman–Crippen LogP) is 3.63. The van der Waals surface area contributed by atoms with Crippen LogP contribution in [0.2, 0.25) is 0 Å². The summed E-state index contributed by atoms with van der Waals surface area (Å²) in [6.07, 6.45) is 0.481. The van der Waals surface area contributed by atoms with Crippen molar-refractivity contribution in [1.29, 1.82) is 0 Å². The molecule has 0 unspecified atom stereocenters. The number of carbonyl (C=O) groups is 1. The van der Waals surface area contributed by atoms with Gasteiger partial charge in [-0.05, 0) is 13.3 Å². The van der Waals surface area contributed by atoms with E-state index in [0.717, 1.165) is 4.90 Å². The van der Waals surface area contributed by atoms with Gasteiger partial charge in [0.25, 0.3) is 5.91 Å². The average molecular weight is 360 g/mol. The third-order valence-electron chi connectivity index (χ3n) is 2.65. The van der Waals surface area contributed by atoms with Crippen LogP contribution in [0.15, 0.2) is 0 Å². The van der Waals surface area contributed by atoms with Crippen molar-refractivity contribution in [3.05, 3.63) is 34.6 Å². The summed E-state index contributed by atoms with van der Waals surface area (Å²) >= 11 is 3.12. The van der Waals surface area contributed by atoms with Gasteiger partial charge in [0.1, 0.15) is 5.56 Å². The lowest BCUT2D eigenvalue weighted by Crippen LogP contribution is -2.34. The van der Waals surface area contributed by atoms with E-state index in [4.69, 9.17) is 0 Å². The molecule has 0 aliphatic heterocycles. The minimum absolute atomic E-state index is 0.0886. The Morgan fingerprint density at radius 2 is 1.45 bits per heavy atom. The van der Waals surface area contributed by atoms with Crippen LogP contribution < -0.4 is 0 Å².